The number of nitrogens with zero attached hydrogens (tertiary/aromatic N) is 3. The topological polar surface area (TPSA) is 88.6 Å². The maximum absolute atomic E-state index is 14.0. The summed E-state index contributed by atoms with van der Waals surface area (Å²) in [7, 11) is -0.738. The molecule has 2 heterocycles. The zero-order valence-corrected chi connectivity index (χ0v) is 21.6. The van der Waals surface area contributed by atoms with Crippen molar-refractivity contribution in [1.82, 2.24) is 14.1 Å². The number of hydrogen-bond acceptors (Lipinski definition) is 7. The van der Waals surface area contributed by atoms with Crippen molar-refractivity contribution < 1.29 is 31.8 Å². The van der Waals surface area contributed by atoms with Gasteiger partial charge in [0.05, 0.1) is 37.4 Å². The summed E-state index contributed by atoms with van der Waals surface area (Å²) in [6.45, 7) is 5.17. The van der Waals surface area contributed by atoms with Crippen molar-refractivity contribution in [2.24, 2.45) is 0 Å². The second-order valence-electron chi connectivity index (χ2n) is 8.93. The lowest BCUT2D eigenvalue weighted by molar-refractivity contribution is -0.0257. The van der Waals surface area contributed by atoms with Gasteiger partial charge < -0.3 is 19.1 Å². The van der Waals surface area contributed by atoms with E-state index in [9.17, 15) is 17.6 Å². The molecule has 2 aliphatic rings. The molecule has 0 saturated carbocycles. The van der Waals surface area contributed by atoms with E-state index in [1.165, 1.54) is 23.5 Å². The first-order chi connectivity index (χ1) is 17.2. The number of piperazine rings is 1. The molecule has 2 aromatic rings. The van der Waals surface area contributed by atoms with Crippen LogP contribution in [0.4, 0.5) is 4.39 Å². The van der Waals surface area contributed by atoms with Crippen LogP contribution >= 0.6 is 0 Å². The Balaban J connectivity index is 1.34. The third-order valence-corrected chi connectivity index (χ3v) is 8.50. The van der Waals surface area contributed by atoms with Crippen molar-refractivity contribution in [3.05, 3.63) is 53.3 Å². The highest BCUT2D eigenvalue weighted by Crippen LogP contribution is 2.26. The smallest absolute Gasteiger partial charge is 0.257 e. The van der Waals surface area contributed by atoms with E-state index in [-0.39, 0.29) is 36.6 Å². The Kier molecular flexibility index (Phi) is 8.13. The number of carbonyl (C=O) groups excluding carboxylic acids is 1. The first-order valence-corrected chi connectivity index (χ1v) is 13.3. The Hall–Kier alpha value is -2.73. The SMILES string of the molecule is COc1ccc(C(=O)N2CCN(CC3CN(S(=O)(=O)c4ccc(C)c(F)c4)CCO3)CC2)c(OC)c1. The fourth-order valence-electron chi connectivity index (χ4n) is 4.47. The number of ether oxygens (including phenoxy) is 3. The number of halogens is 1. The van der Waals surface area contributed by atoms with Gasteiger partial charge in [-0.25, -0.2) is 12.8 Å². The van der Waals surface area contributed by atoms with E-state index in [2.05, 4.69) is 4.90 Å². The molecular weight excluding hydrogens is 489 g/mol. The highest BCUT2D eigenvalue weighted by Gasteiger charge is 2.33. The van der Waals surface area contributed by atoms with E-state index in [1.807, 2.05) is 0 Å². The summed E-state index contributed by atoms with van der Waals surface area (Å²) >= 11 is 0. The van der Waals surface area contributed by atoms with Crippen molar-refractivity contribution >= 4 is 15.9 Å². The van der Waals surface area contributed by atoms with Crippen LogP contribution < -0.4 is 9.47 Å². The maximum Gasteiger partial charge on any atom is 0.257 e. The van der Waals surface area contributed by atoms with Crippen LogP contribution in [-0.4, -0.2) is 101 Å². The number of hydrogen-bond donors (Lipinski definition) is 0. The molecule has 36 heavy (non-hydrogen) atoms. The molecule has 1 atom stereocenters. The van der Waals surface area contributed by atoms with Crippen LogP contribution in [0.25, 0.3) is 0 Å². The molecule has 2 fully saturated rings. The van der Waals surface area contributed by atoms with E-state index >= 15 is 0 Å². The lowest BCUT2D eigenvalue weighted by Gasteiger charge is -2.39. The number of methoxy groups -OCH3 is 2. The van der Waals surface area contributed by atoms with Crippen LogP contribution in [0.2, 0.25) is 0 Å². The molecule has 2 aliphatic heterocycles. The quantitative estimate of drug-likeness (QED) is 0.551. The molecule has 9 nitrogen and oxygen atoms in total. The van der Waals surface area contributed by atoms with Gasteiger partial charge >= 0.3 is 0 Å². The number of amides is 1. The third kappa shape index (κ3) is 5.64. The van der Waals surface area contributed by atoms with Gasteiger partial charge in [-0.05, 0) is 36.8 Å². The van der Waals surface area contributed by atoms with Crippen molar-refractivity contribution in [2.75, 3.05) is 66.6 Å². The van der Waals surface area contributed by atoms with E-state index in [0.717, 1.165) is 6.07 Å². The van der Waals surface area contributed by atoms with E-state index in [1.54, 1.807) is 37.1 Å². The highest BCUT2D eigenvalue weighted by atomic mass is 32.2. The number of morpholine rings is 1. The minimum atomic E-state index is -3.82. The molecule has 2 saturated heterocycles. The maximum atomic E-state index is 14.0. The molecule has 4 rings (SSSR count). The predicted octanol–water partition coefficient (Wildman–Crippen LogP) is 2.00. The predicted molar refractivity (Wildman–Crippen MR) is 132 cm³/mol. The number of benzene rings is 2. The van der Waals surface area contributed by atoms with Gasteiger partial charge in [-0.1, -0.05) is 6.07 Å². The number of carbonyl (C=O) groups is 1. The minimum Gasteiger partial charge on any atom is -0.497 e. The normalized spacial score (nSPS) is 19.8. The molecule has 1 amide bonds. The molecule has 1 unspecified atom stereocenters. The monoisotopic (exact) mass is 521 g/mol. The zero-order valence-electron chi connectivity index (χ0n) is 20.8. The van der Waals surface area contributed by atoms with Gasteiger partial charge in [-0.2, -0.15) is 4.31 Å². The van der Waals surface area contributed by atoms with E-state index in [4.69, 9.17) is 14.2 Å². The lowest BCUT2D eigenvalue weighted by Crippen LogP contribution is -2.54. The summed E-state index contributed by atoms with van der Waals surface area (Å²) in [5.74, 6) is 0.433. The van der Waals surface area contributed by atoms with Crippen LogP contribution in [0.1, 0.15) is 15.9 Å². The summed E-state index contributed by atoms with van der Waals surface area (Å²) in [5, 5.41) is 0. The van der Waals surface area contributed by atoms with Crippen molar-refractivity contribution in [3.63, 3.8) is 0 Å². The van der Waals surface area contributed by atoms with Gasteiger partial charge in [0.25, 0.3) is 5.91 Å². The third-order valence-electron chi connectivity index (χ3n) is 6.64. The Labute approximate surface area is 211 Å². The van der Waals surface area contributed by atoms with Crippen molar-refractivity contribution in [2.45, 2.75) is 17.9 Å². The number of rotatable bonds is 7. The molecule has 0 bridgehead atoms. The van der Waals surface area contributed by atoms with E-state index < -0.39 is 15.8 Å². The molecule has 11 heteroatoms. The lowest BCUT2D eigenvalue weighted by atomic mass is 10.1. The number of sulfonamides is 1. The Morgan fingerprint density at radius 3 is 2.47 bits per heavy atom. The van der Waals surface area contributed by atoms with Crippen LogP contribution in [0.15, 0.2) is 41.3 Å². The Morgan fingerprint density at radius 2 is 1.81 bits per heavy atom. The fraction of sp³-hybridized carbons (Fsp3) is 0.480. The summed E-state index contributed by atoms with van der Waals surface area (Å²) in [4.78, 5) is 17.0. The average molecular weight is 522 g/mol. The Bertz CT molecular complexity index is 1200. The van der Waals surface area contributed by atoms with Crippen LogP contribution in [0.3, 0.4) is 0 Å². The van der Waals surface area contributed by atoms with Gasteiger partial charge in [0, 0.05) is 51.9 Å². The standard InChI is InChI=1S/C25H32FN3O6S/c1-18-4-6-21(15-23(18)26)36(31,32)29-12-13-35-20(17-29)16-27-8-10-28(11-9-27)25(30)22-7-5-19(33-2)14-24(22)34-3/h4-7,14-15,20H,8-13,16-17H2,1-3H3. The highest BCUT2D eigenvalue weighted by molar-refractivity contribution is 7.89. The van der Waals surface area contributed by atoms with Gasteiger partial charge in [-0.15, -0.1) is 0 Å². The van der Waals surface area contributed by atoms with Gasteiger partial charge in [0.15, 0.2) is 0 Å². The summed E-state index contributed by atoms with van der Waals surface area (Å²) in [6.07, 6.45) is -0.312. The molecule has 2 aromatic carbocycles. The molecule has 0 aromatic heterocycles. The Morgan fingerprint density at radius 1 is 1.06 bits per heavy atom. The zero-order chi connectivity index (χ0) is 25.9. The van der Waals surface area contributed by atoms with Crippen LogP contribution in [0, 0.1) is 12.7 Å². The van der Waals surface area contributed by atoms with Gasteiger partial charge in [0.2, 0.25) is 10.0 Å². The van der Waals surface area contributed by atoms with Crippen LogP contribution in [-0.2, 0) is 14.8 Å². The second kappa shape index (κ2) is 11.1. The molecule has 0 aliphatic carbocycles. The first-order valence-electron chi connectivity index (χ1n) is 11.8. The van der Waals surface area contributed by atoms with Crippen LogP contribution in [0.5, 0.6) is 11.5 Å². The summed E-state index contributed by atoms with van der Waals surface area (Å²) in [6, 6.07) is 9.11. The second-order valence-corrected chi connectivity index (χ2v) is 10.9. The summed E-state index contributed by atoms with van der Waals surface area (Å²) < 4.78 is 57.9. The van der Waals surface area contributed by atoms with Gasteiger partial charge in [-0.3, -0.25) is 9.69 Å². The summed E-state index contributed by atoms with van der Waals surface area (Å²) in [5.41, 5.74) is 0.882. The fourth-order valence-corrected chi connectivity index (χ4v) is 5.94. The minimum absolute atomic E-state index is 0.0488. The van der Waals surface area contributed by atoms with Crippen molar-refractivity contribution in [1.29, 1.82) is 0 Å². The number of aryl methyl sites for hydroxylation is 1. The van der Waals surface area contributed by atoms with E-state index in [0.29, 0.717) is 55.3 Å². The molecule has 196 valence electrons. The van der Waals surface area contributed by atoms with Crippen molar-refractivity contribution in [3.8, 4) is 11.5 Å². The average Bonchev–Trinajstić information content (AvgIpc) is 2.90. The first kappa shape index (κ1) is 26.3. The molecule has 0 spiro atoms. The largest absolute Gasteiger partial charge is 0.497 e. The molecule has 0 N–H and O–H groups in total. The van der Waals surface area contributed by atoms with Gasteiger partial charge in [0.1, 0.15) is 17.3 Å². The molecule has 0 radical (unpaired) electrons. The molecular formula is C25H32FN3O6S.